The predicted octanol–water partition coefficient (Wildman–Crippen LogP) is 4.97. The second-order valence-electron chi connectivity index (χ2n) is 8.67. The third-order valence-corrected chi connectivity index (χ3v) is 6.41. The van der Waals surface area contributed by atoms with Crippen LogP contribution in [0.1, 0.15) is 42.3 Å². The van der Waals surface area contributed by atoms with Crippen molar-refractivity contribution in [1.29, 1.82) is 0 Å². The second-order valence-corrected chi connectivity index (χ2v) is 8.67. The molecule has 1 unspecified atom stereocenters. The molecular formula is C26H28FN5O3. The summed E-state index contributed by atoms with van der Waals surface area (Å²) in [5.41, 5.74) is 5.31. The van der Waals surface area contributed by atoms with Crippen molar-refractivity contribution in [3.63, 3.8) is 0 Å². The average Bonchev–Trinajstić information content (AvgIpc) is 3.26. The van der Waals surface area contributed by atoms with Gasteiger partial charge in [0.25, 0.3) is 0 Å². The van der Waals surface area contributed by atoms with Gasteiger partial charge in [0.1, 0.15) is 5.69 Å². The third-order valence-electron chi connectivity index (χ3n) is 6.41. The minimum atomic E-state index is -0.541. The van der Waals surface area contributed by atoms with Gasteiger partial charge in [-0.2, -0.15) is 19.7 Å². The molecule has 4 aromatic rings. The van der Waals surface area contributed by atoms with Gasteiger partial charge >= 0.3 is 0 Å². The standard InChI is InChI=1S/C26H28FN5O3/c1-16-14-29-30-17(2)19(16)11-13-34-21-9-8-20-24(26(21)33-3)25(18-7-10-22(27)28-15-18)31-32(20)23-6-4-5-12-35-23/h7-10,14-15,23H,4-6,11-13H2,1-3H3. The molecule has 9 heteroatoms. The minimum Gasteiger partial charge on any atom is -0.492 e. The van der Waals surface area contributed by atoms with E-state index in [0.29, 0.717) is 42.4 Å². The fourth-order valence-corrected chi connectivity index (χ4v) is 4.62. The lowest BCUT2D eigenvalue weighted by molar-refractivity contribution is -0.0365. The summed E-state index contributed by atoms with van der Waals surface area (Å²) in [5.74, 6) is 0.642. The number of rotatable bonds is 7. The number of benzene rings is 1. The minimum absolute atomic E-state index is 0.171. The fraction of sp³-hybridized carbons (Fsp3) is 0.385. The van der Waals surface area contributed by atoms with Crippen LogP contribution in [0.15, 0.2) is 36.7 Å². The number of aryl methyl sites for hydroxylation is 2. The smallest absolute Gasteiger partial charge is 0.212 e. The fourth-order valence-electron chi connectivity index (χ4n) is 4.62. The van der Waals surface area contributed by atoms with Gasteiger partial charge in [-0.1, -0.05) is 0 Å². The number of hydrogen-bond acceptors (Lipinski definition) is 7. The highest BCUT2D eigenvalue weighted by atomic mass is 19.1. The van der Waals surface area contributed by atoms with Gasteiger partial charge in [0.2, 0.25) is 5.95 Å². The summed E-state index contributed by atoms with van der Waals surface area (Å²) in [6, 6.07) is 6.88. The van der Waals surface area contributed by atoms with E-state index in [0.717, 1.165) is 47.0 Å². The number of pyridine rings is 1. The molecule has 4 heterocycles. The van der Waals surface area contributed by atoms with E-state index in [4.69, 9.17) is 19.3 Å². The lowest BCUT2D eigenvalue weighted by Crippen LogP contribution is -2.19. The van der Waals surface area contributed by atoms with E-state index in [9.17, 15) is 4.39 Å². The number of halogens is 1. The first-order valence-electron chi connectivity index (χ1n) is 11.8. The Hall–Kier alpha value is -3.59. The van der Waals surface area contributed by atoms with E-state index >= 15 is 0 Å². The molecule has 1 aromatic carbocycles. The molecule has 0 radical (unpaired) electrons. The zero-order valence-corrected chi connectivity index (χ0v) is 20.1. The van der Waals surface area contributed by atoms with Gasteiger partial charge in [0.15, 0.2) is 17.7 Å². The highest BCUT2D eigenvalue weighted by molar-refractivity contribution is 5.99. The quantitative estimate of drug-likeness (QED) is 0.347. The number of nitrogens with zero attached hydrogens (tertiary/aromatic N) is 5. The lowest BCUT2D eigenvalue weighted by Gasteiger charge is -2.23. The molecule has 0 N–H and O–H groups in total. The first-order valence-corrected chi connectivity index (χ1v) is 11.8. The molecular weight excluding hydrogens is 449 g/mol. The van der Waals surface area contributed by atoms with Crippen LogP contribution in [0.4, 0.5) is 4.39 Å². The van der Waals surface area contributed by atoms with E-state index in [1.54, 1.807) is 19.4 Å². The molecule has 8 nitrogen and oxygen atoms in total. The van der Waals surface area contributed by atoms with Gasteiger partial charge in [-0.3, -0.25) is 0 Å². The summed E-state index contributed by atoms with van der Waals surface area (Å²) in [7, 11) is 1.61. The van der Waals surface area contributed by atoms with Crippen molar-refractivity contribution in [2.24, 2.45) is 0 Å². The summed E-state index contributed by atoms with van der Waals surface area (Å²) in [4.78, 5) is 3.83. The molecule has 0 bridgehead atoms. The maximum absolute atomic E-state index is 13.5. The molecule has 1 aliphatic rings. The van der Waals surface area contributed by atoms with Gasteiger partial charge in [0.05, 0.1) is 36.5 Å². The van der Waals surface area contributed by atoms with Gasteiger partial charge in [0, 0.05) is 24.8 Å². The molecule has 0 spiro atoms. The molecule has 0 saturated carbocycles. The first-order chi connectivity index (χ1) is 17.1. The van der Waals surface area contributed by atoms with Crippen molar-refractivity contribution < 1.29 is 18.6 Å². The van der Waals surface area contributed by atoms with E-state index in [2.05, 4.69) is 15.2 Å². The summed E-state index contributed by atoms with van der Waals surface area (Å²) in [5, 5.41) is 13.8. The van der Waals surface area contributed by atoms with Crippen LogP contribution in [-0.2, 0) is 11.2 Å². The SMILES string of the molecule is COc1c(OCCc2c(C)cnnc2C)ccc2c1c(-c1ccc(F)nc1)nn2C1CCCCO1. The predicted molar refractivity (Wildman–Crippen MR) is 129 cm³/mol. The Morgan fingerprint density at radius 1 is 1.14 bits per heavy atom. The number of fused-ring (bicyclic) bond motifs is 1. The van der Waals surface area contributed by atoms with Crippen LogP contribution < -0.4 is 9.47 Å². The Morgan fingerprint density at radius 3 is 2.74 bits per heavy atom. The molecule has 35 heavy (non-hydrogen) atoms. The monoisotopic (exact) mass is 477 g/mol. The molecule has 5 rings (SSSR count). The van der Waals surface area contributed by atoms with E-state index in [1.165, 1.54) is 12.3 Å². The van der Waals surface area contributed by atoms with Crippen LogP contribution >= 0.6 is 0 Å². The third kappa shape index (κ3) is 4.55. The highest BCUT2D eigenvalue weighted by Crippen LogP contribution is 2.42. The normalized spacial score (nSPS) is 15.9. The summed E-state index contributed by atoms with van der Waals surface area (Å²) in [6.07, 6.45) is 6.75. The molecule has 1 fully saturated rings. The molecule has 1 atom stereocenters. The molecule has 3 aromatic heterocycles. The molecule has 1 saturated heterocycles. The summed E-state index contributed by atoms with van der Waals surface area (Å²) < 4.78 is 33.5. The van der Waals surface area contributed by atoms with Crippen LogP contribution in [0.25, 0.3) is 22.2 Å². The largest absolute Gasteiger partial charge is 0.492 e. The zero-order valence-electron chi connectivity index (χ0n) is 20.1. The van der Waals surface area contributed by atoms with Crippen molar-refractivity contribution in [2.45, 2.75) is 45.8 Å². The highest BCUT2D eigenvalue weighted by Gasteiger charge is 2.25. The molecule has 182 valence electrons. The van der Waals surface area contributed by atoms with Gasteiger partial charge < -0.3 is 14.2 Å². The van der Waals surface area contributed by atoms with Crippen molar-refractivity contribution in [3.05, 3.63) is 59.4 Å². The molecule has 0 aliphatic carbocycles. The van der Waals surface area contributed by atoms with Crippen LogP contribution in [0.2, 0.25) is 0 Å². The Kier molecular flexibility index (Phi) is 6.59. The van der Waals surface area contributed by atoms with E-state index in [1.807, 2.05) is 30.7 Å². The Bertz CT molecular complexity index is 1310. The lowest BCUT2D eigenvalue weighted by atomic mass is 10.1. The second kappa shape index (κ2) is 9.95. The Labute approximate surface area is 203 Å². The Morgan fingerprint density at radius 2 is 2.03 bits per heavy atom. The van der Waals surface area contributed by atoms with Crippen molar-refractivity contribution >= 4 is 10.9 Å². The number of ether oxygens (including phenoxy) is 3. The average molecular weight is 478 g/mol. The van der Waals surface area contributed by atoms with Crippen LogP contribution in [0, 0.1) is 19.8 Å². The van der Waals surface area contributed by atoms with Crippen LogP contribution in [-0.4, -0.2) is 45.3 Å². The number of hydrogen-bond donors (Lipinski definition) is 0. The van der Waals surface area contributed by atoms with Gasteiger partial charge in [-0.05, 0) is 68.5 Å². The molecule has 0 amide bonds. The van der Waals surface area contributed by atoms with E-state index in [-0.39, 0.29) is 6.23 Å². The van der Waals surface area contributed by atoms with E-state index < -0.39 is 5.95 Å². The maximum atomic E-state index is 13.5. The van der Waals surface area contributed by atoms with Crippen LogP contribution in [0.5, 0.6) is 11.5 Å². The molecule has 1 aliphatic heterocycles. The summed E-state index contributed by atoms with van der Waals surface area (Å²) >= 11 is 0. The summed E-state index contributed by atoms with van der Waals surface area (Å²) in [6.45, 7) is 5.12. The van der Waals surface area contributed by atoms with Gasteiger partial charge in [-0.25, -0.2) is 9.67 Å². The number of aromatic nitrogens is 5. The Balaban J connectivity index is 1.54. The first kappa shape index (κ1) is 23.2. The van der Waals surface area contributed by atoms with Crippen molar-refractivity contribution in [2.75, 3.05) is 20.3 Å². The topological polar surface area (TPSA) is 84.2 Å². The van der Waals surface area contributed by atoms with Crippen molar-refractivity contribution in [1.82, 2.24) is 25.0 Å². The van der Waals surface area contributed by atoms with Gasteiger partial charge in [-0.15, -0.1) is 0 Å². The zero-order chi connectivity index (χ0) is 24.4. The van der Waals surface area contributed by atoms with Crippen LogP contribution in [0.3, 0.4) is 0 Å². The number of methoxy groups -OCH3 is 1. The maximum Gasteiger partial charge on any atom is 0.212 e. The van der Waals surface area contributed by atoms with Crippen molar-refractivity contribution in [3.8, 4) is 22.8 Å².